The molecule has 0 radical (unpaired) electrons. The Hall–Kier alpha value is -3.65. The SMILES string of the molecule is CCc1cc(Nc2cc(=O)n(CCCCCNC(=O)c3cc4ccccc4s3)c(=O)[nH]2)ccc1C. The van der Waals surface area contributed by atoms with Gasteiger partial charge in [-0.25, -0.2) is 4.79 Å². The maximum atomic E-state index is 12.5. The van der Waals surface area contributed by atoms with Gasteiger partial charge in [0.2, 0.25) is 0 Å². The Balaban J connectivity index is 1.25. The second-order valence-electron chi connectivity index (χ2n) is 8.56. The van der Waals surface area contributed by atoms with E-state index in [1.807, 2.05) is 48.5 Å². The molecule has 0 atom stereocenters. The number of amides is 1. The molecular weight excluding hydrogens is 460 g/mol. The van der Waals surface area contributed by atoms with Crippen molar-refractivity contribution in [3.8, 4) is 0 Å². The van der Waals surface area contributed by atoms with Crippen LogP contribution in [0.1, 0.15) is 47.0 Å². The molecule has 0 aliphatic rings. The van der Waals surface area contributed by atoms with Crippen LogP contribution in [0.15, 0.2) is 64.2 Å². The molecule has 182 valence electrons. The fraction of sp³-hybridized carbons (Fsp3) is 0.296. The van der Waals surface area contributed by atoms with E-state index in [0.29, 0.717) is 30.2 Å². The molecule has 0 saturated carbocycles. The summed E-state index contributed by atoms with van der Waals surface area (Å²) >= 11 is 1.48. The molecule has 2 aromatic heterocycles. The van der Waals surface area contributed by atoms with Crippen molar-refractivity contribution in [3.63, 3.8) is 0 Å². The highest BCUT2D eigenvalue weighted by atomic mass is 32.1. The third-order valence-electron chi connectivity index (χ3n) is 6.02. The molecule has 0 saturated heterocycles. The van der Waals surface area contributed by atoms with Gasteiger partial charge in [-0.05, 0) is 73.4 Å². The summed E-state index contributed by atoms with van der Waals surface area (Å²) in [7, 11) is 0. The van der Waals surface area contributed by atoms with Crippen molar-refractivity contribution in [2.45, 2.75) is 46.1 Å². The molecule has 4 aromatic rings. The van der Waals surface area contributed by atoms with Crippen molar-refractivity contribution in [3.05, 3.63) is 91.4 Å². The smallest absolute Gasteiger partial charge is 0.329 e. The zero-order chi connectivity index (χ0) is 24.8. The minimum absolute atomic E-state index is 0.0680. The van der Waals surface area contributed by atoms with Gasteiger partial charge in [0.05, 0.1) is 4.88 Å². The summed E-state index contributed by atoms with van der Waals surface area (Å²) in [5.74, 6) is 0.313. The highest BCUT2D eigenvalue weighted by molar-refractivity contribution is 7.20. The van der Waals surface area contributed by atoms with Crippen LogP contribution in [-0.2, 0) is 13.0 Å². The van der Waals surface area contributed by atoms with E-state index in [0.717, 1.165) is 35.0 Å². The molecule has 2 heterocycles. The molecule has 0 fully saturated rings. The van der Waals surface area contributed by atoms with E-state index in [4.69, 9.17) is 0 Å². The van der Waals surface area contributed by atoms with E-state index in [-0.39, 0.29) is 11.5 Å². The number of benzene rings is 2. The number of aryl methyl sites for hydroxylation is 2. The summed E-state index contributed by atoms with van der Waals surface area (Å²) in [4.78, 5) is 40.8. The third kappa shape index (κ3) is 6.08. The van der Waals surface area contributed by atoms with Crippen LogP contribution in [0.3, 0.4) is 0 Å². The highest BCUT2D eigenvalue weighted by Crippen LogP contribution is 2.25. The zero-order valence-corrected chi connectivity index (χ0v) is 20.8. The zero-order valence-electron chi connectivity index (χ0n) is 20.0. The molecule has 0 aliphatic carbocycles. The Morgan fingerprint density at radius 2 is 1.86 bits per heavy atom. The van der Waals surface area contributed by atoms with Crippen molar-refractivity contribution in [2.24, 2.45) is 0 Å². The minimum Gasteiger partial charge on any atom is -0.351 e. The molecule has 7 nitrogen and oxygen atoms in total. The number of carbonyl (C=O) groups excluding carboxylic acids is 1. The van der Waals surface area contributed by atoms with Crippen molar-refractivity contribution < 1.29 is 4.79 Å². The minimum atomic E-state index is -0.430. The van der Waals surface area contributed by atoms with Gasteiger partial charge in [-0.15, -0.1) is 11.3 Å². The normalized spacial score (nSPS) is 11.0. The summed E-state index contributed by atoms with van der Waals surface area (Å²) in [6.45, 7) is 5.04. The molecular formula is C27H30N4O3S. The lowest BCUT2D eigenvalue weighted by atomic mass is 10.1. The standard InChI is InChI=1S/C27H30N4O3S/c1-3-19-15-21(12-11-18(19)2)29-24-17-25(32)31(27(34)30-24)14-8-4-7-13-28-26(33)23-16-20-9-5-6-10-22(20)35-23/h5-6,9-12,15-17,29H,3-4,7-8,13-14H2,1-2H3,(H,28,33)(H,30,34). The predicted octanol–water partition coefficient (Wildman–Crippen LogP) is 4.97. The van der Waals surface area contributed by atoms with Crippen molar-refractivity contribution >= 4 is 38.8 Å². The summed E-state index contributed by atoms with van der Waals surface area (Å²) in [6, 6.07) is 17.2. The number of H-pyrrole nitrogens is 1. The second kappa shape index (κ2) is 11.2. The first-order chi connectivity index (χ1) is 16.9. The predicted molar refractivity (Wildman–Crippen MR) is 143 cm³/mol. The molecule has 8 heteroatoms. The van der Waals surface area contributed by atoms with E-state index in [9.17, 15) is 14.4 Å². The first-order valence-electron chi connectivity index (χ1n) is 11.9. The van der Waals surface area contributed by atoms with Crippen molar-refractivity contribution in [2.75, 3.05) is 11.9 Å². The number of fused-ring (bicyclic) bond motifs is 1. The van der Waals surface area contributed by atoms with Crippen molar-refractivity contribution in [1.82, 2.24) is 14.9 Å². The van der Waals surface area contributed by atoms with Crippen LogP contribution in [0.5, 0.6) is 0 Å². The van der Waals surface area contributed by atoms with Gasteiger partial charge >= 0.3 is 5.69 Å². The Kier molecular flexibility index (Phi) is 7.82. The lowest BCUT2D eigenvalue weighted by Gasteiger charge is -2.11. The molecule has 0 unspecified atom stereocenters. The van der Waals surface area contributed by atoms with Gasteiger partial charge in [-0.1, -0.05) is 31.2 Å². The molecule has 2 aromatic carbocycles. The van der Waals surface area contributed by atoms with E-state index >= 15 is 0 Å². The summed E-state index contributed by atoms with van der Waals surface area (Å²) in [5.41, 5.74) is 2.49. The molecule has 1 amide bonds. The topological polar surface area (TPSA) is 96.0 Å². The van der Waals surface area contributed by atoms with Gasteiger partial charge < -0.3 is 10.6 Å². The number of hydrogen-bond acceptors (Lipinski definition) is 5. The van der Waals surface area contributed by atoms with E-state index < -0.39 is 5.69 Å². The molecule has 0 aliphatic heterocycles. The average molecular weight is 491 g/mol. The van der Waals surface area contributed by atoms with Crippen molar-refractivity contribution in [1.29, 1.82) is 0 Å². The first-order valence-corrected chi connectivity index (χ1v) is 12.7. The van der Waals surface area contributed by atoms with Gasteiger partial charge in [0, 0.05) is 29.5 Å². The summed E-state index contributed by atoms with van der Waals surface area (Å²) < 4.78 is 2.31. The number of carbonyl (C=O) groups is 1. The molecule has 35 heavy (non-hydrogen) atoms. The molecule has 0 bridgehead atoms. The second-order valence-corrected chi connectivity index (χ2v) is 9.65. The van der Waals surface area contributed by atoms with Gasteiger partial charge in [0.25, 0.3) is 11.5 Å². The van der Waals surface area contributed by atoms with Crippen LogP contribution in [0.25, 0.3) is 10.1 Å². The Labute approximate surface area is 207 Å². The fourth-order valence-electron chi connectivity index (χ4n) is 4.04. The largest absolute Gasteiger partial charge is 0.351 e. The first kappa shape index (κ1) is 24.5. The molecule has 0 spiro atoms. The fourth-order valence-corrected chi connectivity index (χ4v) is 5.02. The van der Waals surface area contributed by atoms with Gasteiger partial charge in [0.15, 0.2) is 0 Å². The van der Waals surface area contributed by atoms with E-state index in [2.05, 4.69) is 29.5 Å². The number of anilines is 2. The number of unbranched alkanes of at least 4 members (excludes halogenated alkanes) is 2. The van der Waals surface area contributed by atoms with Gasteiger partial charge in [0.1, 0.15) is 5.82 Å². The summed E-state index contributed by atoms with van der Waals surface area (Å²) in [6.07, 6.45) is 3.15. The van der Waals surface area contributed by atoms with Crippen LogP contribution < -0.4 is 21.9 Å². The average Bonchev–Trinajstić information content (AvgIpc) is 3.28. The van der Waals surface area contributed by atoms with Crippen LogP contribution in [0, 0.1) is 6.92 Å². The lowest BCUT2D eigenvalue weighted by Crippen LogP contribution is -2.35. The van der Waals surface area contributed by atoms with Crippen LogP contribution in [0.4, 0.5) is 11.5 Å². The quantitative estimate of drug-likeness (QED) is 0.274. The number of thiophene rings is 1. The number of nitrogens with zero attached hydrogens (tertiary/aromatic N) is 1. The number of aromatic amines is 1. The summed E-state index contributed by atoms with van der Waals surface area (Å²) in [5, 5.41) is 7.15. The number of hydrogen-bond donors (Lipinski definition) is 3. The van der Waals surface area contributed by atoms with Crippen LogP contribution in [0.2, 0.25) is 0 Å². The number of rotatable bonds is 10. The molecule has 3 N–H and O–H groups in total. The highest BCUT2D eigenvalue weighted by Gasteiger charge is 2.10. The van der Waals surface area contributed by atoms with Gasteiger partial charge in [-0.2, -0.15) is 0 Å². The monoisotopic (exact) mass is 490 g/mol. The lowest BCUT2D eigenvalue weighted by molar-refractivity contribution is 0.0957. The maximum Gasteiger partial charge on any atom is 0.329 e. The Bertz CT molecular complexity index is 1390. The van der Waals surface area contributed by atoms with E-state index in [1.54, 1.807) is 0 Å². The number of aromatic nitrogens is 2. The third-order valence-corrected chi connectivity index (χ3v) is 7.14. The number of nitrogens with one attached hydrogen (secondary N) is 3. The Morgan fingerprint density at radius 1 is 1.03 bits per heavy atom. The van der Waals surface area contributed by atoms with Crippen LogP contribution >= 0.6 is 11.3 Å². The Morgan fingerprint density at radius 3 is 2.63 bits per heavy atom. The van der Waals surface area contributed by atoms with E-state index in [1.165, 1.54) is 33.1 Å². The van der Waals surface area contributed by atoms with Gasteiger partial charge in [-0.3, -0.25) is 19.1 Å². The molecule has 4 rings (SSSR count). The maximum absolute atomic E-state index is 12.5. The van der Waals surface area contributed by atoms with Crippen LogP contribution in [-0.4, -0.2) is 22.0 Å².